The van der Waals surface area contributed by atoms with Gasteiger partial charge in [-0.2, -0.15) is 0 Å². The molecule has 1 aromatic heterocycles. The Balaban J connectivity index is 1.68. The molecule has 0 unspecified atom stereocenters. The van der Waals surface area contributed by atoms with Crippen molar-refractivity contribution >= 4 is 40.2 Å². The van der Waals surface area contributed by atoms with Crippen molar-refractivity contribution in [2.45, 2.75) is 39.2 Å². The van der Waals surface area contributed by atoms with Crippen LogP contribution in [0, 0.1) is 13.8 Å². The summed E-state index contributed by atoms with van der Waals surface area (Å²) < 4.78 is 0. The normalized spacial score (nSPS) is 17.9. The standard InChI is InChI=1S/C26H25N3O2S/c1-16-12-13-17(2)20(15-16)28-26(31)29-21-9-4-3-7-18(21)27-19-8-5-10-22(30)24(19)25(29)23-11-6-14-32-23/h3-4,6-7,9,11-15,25,27H,5,8,10H2,1-2H3,(H,28,31)/t25-/m1/s1. The molecule has 2 N–H and O–H groups in total. The Kier molecular flexibility index (Phi) is 5.31. The first-order valence-electron chi connectivity index (χ1n) is 10.9. The van der Waals surface area contributed by atoms with E-state index in [-0.39, 0.29) is 11.8 Å². The fourth-order valence-corrected chi connectivity index (χ4v) is 5.34. The maximum absolute atomic E-state index is 13.9. The Morgan fingerprint density at radius 2 is 1.94 bits per heavy atom. The third-order valence-electron chi connectivity index (χ3n) is 6.10. The second-order valence-electron chi connectivity index (χ2n) is 8.35. The molecule has 2 amide bonds. The van der Waals surface area contributed by atoms with E-state index in [2.05, 4.69) is 10.6 Å². The monoisotopic (exact) mass is 443 g/mol. The molecule has 1 aliphatic carbocycles. The number of rotatable bonds is 2. The second-order valence-corrected chi connectivity index (χ2v) is 9.33. The highest BCUT2D eigenvalue weighted by molar-refractivity contribution is 7.10. The molecule has 2 aromatic carbocycles. The summed E-state index contributed by atoms with van der Waals surface area (Å²) in [6.45, 7) is 3.99. The fraction of sp³-hybridized carbons (Fsp3) is 0.231. The van der Waals surface area contributed by atoms with Crippen molar-refractivity contribution in [3.05, 3.63) is 87.3 Å². The van der Waals surface area contributed by atoms with E-state index in [1.165, 1.54) is 0 Å². The van der Waals surface area contributed by atoms with Crippen molar-refractivity contribution in [1.29, 1.82) is 0 Å². The zero-order valence-corrected chi connectivity index (χ0v) is 19.0. The average Bonchev–Trinajstić information content (AvgIpc) is 3.25. The molecule has 3 aromatic rings. The summed E-state index contributed by atoms with van der Waals surface area (Å²) in [5, 5.41) is 8.61. The van der Waals surface area contributed by atoms with Crippen LogP contribution in [0.4, 0.5) is 21.9 Å². The zero-order chi connectivity index (χ0) is 22.2. The first-order valence-corrected chi connectivity index (χ1v) is 11.7. The number of amides is 2. The van der Waals surface area contributed by atoms with E-state index >= 15 is 0 Å². The topological polar surface area (TPSA) is 61.4 Å². The highest BCUT2D eigenvalue weighted by atomic mass is 32.1. The van der Waals surface area contributed by atoms with E-state index in [4.69, 9.17) is 0 Å². The summed E-state index contributed by atoms with van der Waals surface area (Å²) >= 11 is 1.57. The van der Waals surface area contributed by atoms with Crippen molar-refractivity contribution in [3.8, 4) is 0 Å². The molecular formula is C26H25N3O2S. The lowest BCUT2D eigenvalue weighted by atomic mass is 9.88. The van der Waals surface area contributed by atoms with Gasteiger partial charge in [0.2, 0.25) is 0 Å². The number of benzene rings is 2. The maximum Gasteiger partial charge on any atom is 0.327 e. The summed E-state index contributed by atoms with van der Waals surface area (Å²) in [7, 11) is 0. The van der Waals surface area contributed by atoms with Crippen molar-refractivity contribution in [2.24, 2.45) is 0 Å². The van der Waals surface area contributed by atoms with Gasteiger partial charge in [-0.1, -0.05) is 30.3 Å². The van der Waals surface area contributed by atoms with E-state index in [1.807, 2.05) is 73.8 Å². The van der Waals surface area contributed by atoms with Gasteiger partial charge in [0, 0.05) is 28.3 Å². The van der Waals surface area contributed by atoms with Crippen LogP contribution in [0.3, 0.4) is 0 Å². The maximum atomic E-state index is 13.9. The van der Waals surface area contributed by atoms with Crippen molar-refractivity contribution in [3.63, 3.8) is 0 Å². The molecule has 0 spiro atoms. The molecule has 0 radical (unpaired) electrons. The van der Waals surface area contributed by atoms with E-state index in [0.29, 0.717) is 12.0 Å². The van der Waals surface area contributed by atoms with Gasteiger partial charge < -0.3 is 10.6 Å². The van der Waals surface area contributed by atoms with Gasteiger partial charge in [0.1, 0.15) is 6.04 Å². The van der Waals surface area contributed by atoms with Gasteiger partial charge in [0.25, 0.3) is 0 Å². The molecule has 2 aliphatic rings. The van der Waals surface area contributed by atoms with E-state index in [0.717, 1.165) is 51.6 Å². The van der Waals surface area contributed by atoms with Crippen LogP contribution in [0.1, 0.15) is 41.3 Å². The molecule has 0 saturated heterocycles. The van der Waals surface area contributed by atoms with E-state index in [1.54, 1.807) is 16.2 Å². The van der Waals surface area contributed by atoms with Crippen LogP contribution >= 0.6 is 11.3 Å². The molecule has 5 rings (SSSR count). The molecule has 0 saturated carbocycles. The number of carbonyl (C=O) groups excluding carboxylic acids is 2. The summed E-state index contributed by atoms with van der Waals surface area (Å²) in [6, 6.07) is 17.0. The first-order chi connectivity index (χ1) is 15.5. The highest BCUT2D eigenvalue weighted by Crippen LogP contribution is 2.46. The molecule has 5 nitrogen and oxygen atoms in total. The predicted molar refractivity (Wildman–Crippen MR) is 130 cm³/mol. The predicted octanol–water partition coefficient (Wildman–Crippen LogP) is 6.58. The molecule has 1 aliphatic heterocycles. The number of thiophene rings is 1. The molecule has 0 bridgehead atoms. The van der Waals surface area contributed by atoms with Gasteiger partial charge in [0.15, 0.2) is 5.78 Å². The Hall–Kier alpha value is -3.38. The van der Waals surface area contributed by atoms with Gasteiger partial charge in [-0.25, -0.2) is 4.79 Å². The van der Waals surface area contributed by atoms with E-state index in [9.17, 15) is 9.59 Å². The number of Topliss-reactive ketones (excluding diaryl/α,β-unsaturated/α-hetero) is 1. The number of aryl methyl sites for hydroxylation is 2. The van der Waals surface area contributed by atoms with Gasteiger partial charge in [-0.15, -0.1) is 11.3 Å². The minimum atomic E-state index is -0.473. The molecule has 32 heavy (non-hydrogen) atoms. The van der Waals surface area contributed by atoms with E-state index < -0.39 is 6.04 Å². The van der Waals surface area contributed by atoms with Gasteiger partial charge >= 0.3 is 6.03 Å². The molecule has 2 heterocycles. The zero-order valence-electron chi connectivity index (χ0n) is 18.1. The Morgan fingerprint density at radius 3 is 2.75 bits per heavy atom. The van der Waals surface area contributed by atoms with Gasteiger partial charge in [0.05, 0.1) is 11.4 Å². The average molecular weight is 444 g/mol. The number of urea groups is 1. The number of hydrogen-bond acceptors (Lipinski definition) is 4. The molecular weight excluding hydrogens is 418 g/mol. The number of allylic oxidation sites excluding steroid dienone is 1. The van der Waals surface area contributed by atoms with Gasteiger partial charge in [-0.3, -0.25) is 9.69 Å². The largest absolute Gasteiger partial charge is 0.357 e. The number of ketones is 1. The number of carbonyl (C=O) groups is 2. The van der Waals surface area contributed by atoms with Crippen molar-refractivity contribution in [1.82, 2.24) is 0 Å². The quantitative estimate of drug-likeness (QED) is 0.470. The van der Waals surface area contributed by atoms with Gasteiger partial charge in [-0.05, 0) is 67.5 Å². The van der Waals surface area contributed by atoms with Crippen LogP contribution in [0.5, 0.6) is 0 Å². The summed E-state index contributed by atoms with van der Waals surface area (Å²) in [5.41, 5.74) is 6.07. The fourth-order valence-electron chi connectivity index (χ4n) is 4.52. The molecule has 162 valence electrons. The lowest BCUT2D eigenvalue weighted by Crippen LogP contribution is -2.40. The minimum Gasteiger partial charge on any atom is -0.357 e. The lowest BCUT2D eigenvalue weighted by molar-refractivity contribution is -0.116. The number of anilines is 3. The highest BCUT2D eigenvalue weighted by Gasteiger charge is 2.40. The van der Waals surface area contributed by atoms with Crippen LogP contribution in [0.25, 0.3) is 0 Å². The first kappa shape index (κ1) is 20.5. The van der Waals surface area contributed by atoms with Crippen LogP contribution in [-0.2, 0) is 4.79 Å². The summed E-state index contributed by atoms with van der Waals surface area (Å²) in [4.78, 5) is 29.8. The van der Waals surface area contributed by atoms with Crippen LogP contribution in [0.2, 0.25) is 0 Å². The van der Waals surface area contributed by atoms with Crippen LogP contribution in [-0.4, -0.2) is 11.8 Å². The van der Waals surface area contributed by atoms with Crippen molar-refractivity contribution < 1.29 is 9.59 Å². The lowest BCUT2D eigenvalue weighted by Gasteiger charge is -2.33. The third-order valence-corrected chi connectivity index (χ3v) is 7.03. The van der Waals surface area contributed by atoms with Crippen LogP contribution in [0.15, 0.2) is 71.2 Å². The smallest absolute Gasteiger partial charge is 0.327 e. The Bertz CT molecular complexity index is 1230. The SMILES string of the molecule is Cc1ccc(C)c(NC(=O)N2c3ccccc3NC3=C(C(=O)CCC3)[C@H]2c2cccs2)c1. The molecule has 1 atom stereocenters. The summed E-state index contributed by atoms with van der Waals surface area (Å²) in [6.07, 6.45) is 2.12. The number of fused-ring (bicyclic) bond motifs is 1. The minimum absolute atomic E-state index is 0.106. The molecule has 0 fully saturated rings. The molecule has 6 heteroatoms. The Morgan fingerprint density at radius 1 is 1.09 bits per heavy atom. The Labute approximate surface area is 191 Å². The van der Waals surface area contributed by atoms with Crippen molar-refractivity contribution in [2.75, 3.05) is 15.5 Å². The van der Waals surface area contributed by atoms with Crippen LogP contribution < -0.4 is 15.5 Å². The third kappa shape index (κ3) is 3.60. The number of nitrogens with zero attached hydrogens (tertiary/aromatic N) is 1. The number of hydrogen-bond donors (Lipinski definition) is 2. The second kappa shape index (κ2) is 8.28. The summed E-state index contributed by atoms with van der Waals surface area (Å²) in [5.74, 6) is 0.106. The number of nitrogens with one attached hydrogen (secondary N) is 2. The number of para-hydroxylation sites is 2.